The highest BCUT2D eigenvalue weighted by molar-refractivity contribution is 7.89. The highest BCUT2D eigenvalue weighted by Crippen LogP contribution is 2.59. The van der Waals surface area contributed by atoms with Crippen molar-refractivity contribution in [3.8, 4) is 0 Å². The van der Waals surface area contributed by atoms with Crippen LogP contribution < -0.4 is 10.0 Å². The molecule has 164 valence electrons. The van der Waals surface area contributed by atoms with Crippen molar-refractivity contribution >= 4 is 15.9 Å². The molecule has 1 aromatic carbocycles. The van der Waals surface area contributed by atoms with Crippen LogP contribution in [0.4, 0.5) is 0 Å². The van der Waals surface area contributed by atoms with E-state index in [4.69, 9.17) is 4.74 Å². The van der Waals surface area contributed by atoms with E-state index in [-0.39, 0.29) is 23.5 Å². The number of amides is 1. The van der Waals surface area contributed by atoms with Crippen LogP contribution in [0.15, 0.2) is 29.2 Å². The lowest BCUT2D eigenvalue weighted by Crippen LogP contribution is -2.51. The largest absolute Gasteiger partial charge is 0.377 e. The second-order valence-electron chi connectivity index (χ2n) is 10.1. The summed E-state index contributed by atoms with van der Waals surface area (Å²) in [7, 11) is -3.59. The fourth-order valence-corrected chi connectivity index (χ4v) is 7.82. The van der Waals surface area contributed by atoms with Crippen molar-refractivity contribution < 1.29 is 17.9 Å². The summed E-state index contributed by atoms with van der Waals surface area (Å²) in [5.41, 5.74) is 0.803. The average Bonchev–Trinajstić information content (AvgIpc) is 3.24. The van der Waals surface area contributed by atoms with Crippen LogP contribution in [0.1, 0.15) is 61.7 Å². The average molecular weight is 433 g/mol. The molecule has 1 atom stereocenters. The Morgan fingerprint density at radius 2 is 1.67 bits per heavy atom. The first kappa shape index (κ1) is 20.5. The Kier molecular flexibility index (Phi) is 5.40. The van der Waals surface area contributed by atoms with Gasteiger partial charge in [0.1, 0.15) is 0 Å². The maximum Gasteiger partial charge on any atom is 0.251 e. The summed E-state index contributed by atoms with van der Waals surface area (Å²) in [6.07, 6.45) is 9.75. The van der Waals surface area contributed by atoms with Crippen LogP contribution in [0.3, 0.4) is 0 Å². The molecule has 0 radical (unpaired) electrons. The first-order valence-corrected chi connectivity index (χ1v) is 12.9. The highest BCUT2D eigenvalue weighted by Gasteiger charge is 2.50. The lowest BCUT2D eigenvalue weighted by molar-refractivity contribution is -0.0503. The Balaban J connectivity index is 1.17. The molecule has 1 saturated heterocycles. The Morgan fingerprint density at radius 3 is 2.23 bits per heavy atom. The van der Waals surface area contributed by atoms with Gasteiger partial charge in [0.2, 0.25) is 10.0 Å². The van der Waals surface area contributed by atoms with Crippen molar-refractivity contribution in [3.63, 3.8) is 0 Å². The van der Waals surface area contributed by atoms with Crippen LogP contribution >= 0.6 is 0 Å². The normalized spacial score (nSPS) is 34.9. The summed E-state index contributed by atoms with van der Waals surface area (Å²) in [6, 6.07) is 6.24. The van der Waals surface area contributed by atoms with E-state index in [1.807, 2.05) is 0 Å². The molecule has 6 nitrogen and oxygen atoms in total. The van der Waals surface area contributed by atoms with Gasteiger partial charge in [-0.3, -0.25) is 4.79 Å². The van der Waals surface area contributed by atoms with Crippen LogP contribution in [0, 0.1) is 23.2 Å². The van der Waals surface area contributed by atoms with Crippen molar-refractivity contribution in [1.82, 2.24) is 10.0 Å². The lowest BCUT2D eigenvalue weighted by atomic mass is 9.49. The summed E-state index contributed by atoms with van der Waals surface area (Å²) in [5.74, 6) is 2.47. The van der Waals surface area contributed by atoms with E-state index in [2.05, 4.69) is 10.0 Å². The summed E-state index contributed by atoms with van der Waals surface area (Å²) in [5, 5.41) is 3.16. The minimum Gasteiger partial charge on any atom is -0.377 e. The maximum atomic E-state index is 12.7. The number of rotatable bonds is 7. The Labute approximate surface area is 179 Å². The molecule has 1 amide bonds. The van der Waals surface area contributed by atoms with Gasteiger partial charge in [-0.25, -0.2) is 13.1 Å². The Hall–Kier alpha value is -1.44. The van der Waals surface area contributed by atoms with Gasteiger partial charge < -0.3 is 10.1 Å². The van der Waals surface area contributed by atoms with Crippen LogP contribution in [0.2, 0.25) is 0 Å². The van der Waals surface area contributed by atoms with Crippen molar-refractivity contribution in [3.05, 3.63) is 29.8 Å². The summed E-state index contributed by atoms with van der Waals surface area (Å²) in [6.45, 7) is 1.73. The first-order valence-electron chi connectivity index (χ1n) is 11.4. The predicted molar refractivity (Wildman–Crippen MR) is 114 cm³/mol. The van der Waals surface area contributed by atoms with E-state index in [1.165, 1.54) is 50.7 Å². The van der Waals surface area contributed by atoms with Gasteiger partial charge in [-0.1, -0.05) is 0 Å². The number of benzene rings is 1. The zero-order valence-corrected chi connectivity index (χ0v) is 18.3. The van der Waals surface area contributed by atoms with Gasteiger partial charge in [-0.15, -0.1) is 0 Å². The van der Waals surface area contributed by atoms with Gasteiger partial charge in [-0.2, -0.15) is 0 Å². The molecule has 1 aromatic rings. The topological polar surface area (TPSA) is 84.5 Å². The zero-order valence-electron chi connectivity index (χ0n) is 17.4. The quantitative estimate of drug-likeness (QED) is 0.693. The molecule has 7 heteroatoms. The molecule has 2 N–H and O–H groups in total. The Morgan fingerprint density at radius 1 is 1.03 bits per heavy atom. The molecular formula is C23H32N2O4S. The van der Waals surface area contributed by atoms with E-state index < -0.39 is 10.0 Å². The molecule has 1 heterocycles. The number of hydrogen-bond donors (Lipinski definition) is 2. The standard InChI is InChI=1S/C23H32N2O4S/c26-22(24-15-23-11-16-8-17(12-23)10-18(9-16)13-23)19-3-5-21(6-4-19)30(27,28)25-14-20-2-1-7-29-20/h3-6,16-18,20,25H,1-2,7-15H2,(H,24,26). The van der Waals surface area contributed by atoms with Crippen LogP contribution in [0.5, 0.6) is 0 Å². The molecule has 1 aliphatic heterocycles. The van der Waals surface area contributed by atoms with Crippen LogP contribution in [-0.2, 0) is 14.8 Å². The van der Waals surface area contributed by atoms with E-state index in [0.717, 1.165) is 37.1 Å². The fraction of sp³-hybridized carbons (Fsp3) is 0.696. The second-order valence-corrected chi connectivity index (χ2v) is 11.9. The SMILES string of the molecule is O=C(NCC12CC3CC(CC(C3)C1)C2)c1ccc(S(=O)(=O)NCC2CCCO2)cc1. The molecule has 0 aromatic heterocycles. The number of carbonyl (C=O) groups is 1. The minimum atomic E-state index is -3.59. The number of carbonyl (C=O) groups excluding carboxylic acids is 1. The highest BCUT2D eigenvalue weighted by atomic mass is 32.2. The van der Waals surface area contributed by atoms with Crippen molar-refractivity contribution in [2.45, 2.75) is 62.4 Å². The predicted octanol–water partition coefficient (Wildman–Crippen LogP) is 3.09. The van der Waals surface area contributed by atoms with E-state index in [9.17, 15) is 13.2 Å². The van der Waals surface area contributed by atoms with E-state index >= 15 is 0 Å². The zero-order chi connectivity index (χ0) is 20.8. The summed E-state index contributed by atoms with van der Waals surface area (Å²) in [4.78, 5) is 12.9. The number of sulfonamides is 1. The van der Waals surface area contributed by atoms with Gasteiger partial charge in [0.25, 0.3) is 5.91 Å². The van der Waals surface area contributed by atoms with Gasteiger partial charge in [0.05, 0.1) is 11.0 Å². The summed E-state index contributed by atoms with van der Waals surface area (Å²) < 4.78 is 33.1. The van der Waals surface area contributed by atoms with Gasteiger partial charge in [0.15, 0.2) is 0 Å². The molecule has 30 heavy (non-hydrogen) atoms. The second kappa shape index (κ2) is 7.92. The molecule has 1 unspecified atom stereocenters. The third kappa shape index (κ3) is 4.16. The minimum absolute atomic E-state index is 0.0468. The van der Waals surface area contributed by atoms with Crippen molar-refractivity contribution in [2.75, 3.05) is 19.7 Å². The molecule has 5 aliphatic rings. The maximum absolute atomic E-state index is 12.7. The van der Waals surface area contributed by atoms with Crippen LogP contribution in [0.25, 0.3) is 0 Å². The Bertz CT molecular complexity index is 855. The van der Waals surface area contributed by atoms with Crippen molar-refractivity contribution in [2.24, 2.45) is 23.2 Å². The molecule has 4 aliphatic carbocycles. The van der Waals surface area contributed by atoms with E-state index in [0.29, 0.717) is 17.6 Å². The number of ether oxygens (including phenoxy) is 1. The molecule has 6 rings (SSSR count). The third-order valence-electron chi connectivity index (χ3n) is 7.74. The molecule has 0 spiro atoms. The fourth-order valence-electron chi connectivity index (χ4n) is 6.75. The molecule has 5 fully saturated rings. The first-order chi connectivity index (χ1) is 14.4. The lowest BCUT2D eigenvalue weighted by Gasteiger charge is -2.56. The number of nitrogens with one attached hydrogen (secondary N) is 2. The summed E-state index contributed by atoms with van der Waals surface area (Å²) >= 11 is 0. The van der Waals surface area contributed by atoms with Gasteiger partial charge >= 0.3 is 0 Å². The molecule has 4 saturated carbocycles. The molecular weight excluding hydrogens is 400 g/mol. The van der Waals surface area contributed by atoms with E-state index in [1.54, 1.807) is 12.1 Å². The van der Waals surface area contributed by atoms with Gasteiger partial charge in [-0.05, 0) is 98.8 Å². The smallest absolute Gasteiger partial charge is 0.251 e. The molecule has 4 bridgehead atoms. The van der Waals surface area contributed by atoms with Crippen molar-refractivity contribution in [1.29, 1.82) is 0 Å². The number of hydrogen-bond acceptors (Lipinski definition) is 4. The van der Waals surface area contributed by atoms with Crippen LogP contribution in [-0.4, -0.2) is 40.1 Å². The monoisotopic (exact) mass is 432 g/mol. The van der Waals surface area contributed by atoms with Gasteiger partial charge in [0, 0.05) is 25.3 Å². The third-order valence-corrected chi connectivity index (χ3v) is 9.18.